The highest BCUT2D eigenvalue weighted by Gasteiger charge is 2.36. The van der Waals surface area contributed by atoms with Crippen molar-refractivity contribution in [1.82, 2.24) is 0 Å². The van der Waals surface area contributed by atoms with Crippen molar-refractivity contribution in [2.24, 2.45) is 5.92 Å². The number of hydrogen-bond acceptors (Lipinski definition) is 7. The number of benzene rings is 2. The summed E-state index contributed by atoms with van der Waals surface area (Å²) in [6.07, 6.45) is 0.820. The molecule has 2 aromatic rings. The van der Waals surface area contributed by atoms with Gasteiger partial charge >= 0.3 is 5.97 Å². The summed E-state index contributed by atoms with van der Waals surface area (Å²) in [7, 11) is 4.70. The molecule has 148 valence electrons. The fraction of sp³-hybridized carbons (Fsp3) is 0.381. The maximum atomic E-state index is 12.5. The summed E-state index contributed by atoms with van der Waals surface area (Å²) in [6.45, 7) is 0.215. The van der Waals surface area contributed by atoms with Crippen LogP contribution in [0.25, 0.3) is 0 Å². The van der Waals surface area contributed by atoms with Gasteiger partial charge in [-0.2, -0.15) is 0 Å². The van der Waals surface area contributed by atoms with Crippen LogP contribution in [0.5, 0.6) is 28.7 Å². The zero-order chi connectivity index (χ0) is 19.7. The van der Waals surface area contributed by atoms with E-state index in [1.54, 1.807) is 21.3 Å². The molecular formula is C21H22O7. The number of fused-ring (bicyclic) bond motifs is 1. The fourth-order valence-corrected chi connectivity index (χ4v) is 3.66. The minimum absolute atomic E-state index is 0.212. The van der Waals surface area contributed by atoms with Crippen molar-refractivity contribution in [3.05, 3.63) is 41.5 Å². The van der Waals surface area contributed by atoms with Crippen molar-refractivity contribution in [3.8, 4) is 28.7 Å². The maximum Gasteiger partial charge on any atom is 0.310 e. The average molecular weight is 386 g/mol. The Bertz CT molecular complexity index is 867. The lowest BCUT2D eigenvalue weighted by atomic mass is 9.93. The van der Waals surface area contributed by atoms with Crippen LogP contribution in [0.2, 0.25) is 0 Å². The number of methoxy groups -OCH3 is 3. The Morgan fingerprint density at radius 1 is 0.964 bits per heavy atom. The molecule has 0 aromatic heterocycles. The largest absolute Gasteiger partial charge is 0.493 e. The molecule has 0 spiro atoms. The van der Waals surface area contributed by atoms with Crippen LogP contribution in [-0.4, -0.2) is 34.1 Å². The first kappa shape index (κ1) is 18.3. The van der Waals surface area contributed by atoms with E-state index in [1.165, 1.54) is 0 Å². The second kappa shape index (κ2) is 7.50. The van der Waals surface area contributed by atoms with Crippen molar-refractivity contribution in [3.63, 3.8) is 0 Å². The van der Waals surface area contributed by atoms with Crippen LogP contribution in [0, 0.1) is 5.92 Å². The van der Waals surface area contributed by atoms with Crippen molar-refractivity contribution in [2.45, 2.75) is 18.9 Å². The molecule has 1 fully saturated rings. The molecule has 0 amide bonds. The van der Waals surface area contributed by atoms with Gasteiger partial charge in [-0.1, -0.05) is 6.07 Å². The van der Waals surface area contributed by atoms with Gasteiger partial charge < -0.3 is 28.4 Å². The lowest BCUT2D eigenvalue weighted by Gasteiger charge is -2.15. The first-order chi connectivity index (χ1) is 13.6. The molecule has 2 aliphatic rings. The summed E-state index contributed by atoms with van der Waals surface area (Å²) in [6, 6.07) is 9.36. The van der Waals surface area contributed by atoms with E-state index in [2.05, 4.69) is 0 Å². The lowest BCUT2D eigenvalue weighted by molar-refractivity contribution is -0.144. The Morgan fingerprint density at radius 2 is 1.68 bits per heavy atom. The Labute approximate surface area is 163 Å². The first-order valence-corrected chi connectivity index (χ1v) is 9.02. The van der Waals surface area contributed by atoms with Gasteiger partial charge in [-0.3, -0.25) is 4.79 Å². The van der Waals surface area contributed by atoms with Crippen LogP contribution in [-0.2, 0) is 16.0 Å². The van der Waals surface area contributed by atoms with Crippen molar-refractivity contribution in [1.29, 1.82) is 0 Å². The molecule has 7 heteroatoms. The molecular weight excluding hydrogens is 364 g/mol. The Morgan fingerprint density at radius 3 is 2.36 bits per heavy atom. The van der Waals surface area contributed by atoms with E-state index in [1.807, 2.05) is 30.3 Å². The molecule has 2 aliphatic heterocycles. The number of esters is 1. The Kier molecular flexibility index (Phi) is 4.90. The van der Waals surface area contributed by atoms with E-state index in [9.17, 15) is 4.79 Å². The van der Waals surface area contributed by atoms with Crippen molar-refractivity contribution < 1.29 is 33.2 Å². The van der Waals surface area contributed by atoms with Gasteiger partial charge in [0.15, 0.2) is 23.0 Å². The topological polar surface area (TPSA) is 72.5 Å². The van der Waals surface area contributed by atoms with Gasteiger partial charge in [0.05, 0.1) is 27.2 Å². The molecule has 2 aromatic carbocycles. The number of carbonyl (C=O) groups excluding carboxylic acids is 1. The third kappa shape index (κ3) is 3.28. The summed E-state index contributed by atoms with van der Waals surface area (Å²) in [4.78, 5) is 12.5. The smallest absolute Gasteiger partial charge is 0.310 e. The van der Waals surface area contributed by atoms with Crippen LogP contribution < -0.4 is 23.7 Å². The zero-order valence-electron chi connectivity index (χ0n) is 16.0. The molecule has 2 heterocycles. The lowest BCUT2D eigenvalue weighted by Crippen LogP contribution is -2.11. The monoisotopic (exact) mass is 386 g/mol. The highest BCUT2D eigenvalue weighted by molar-refractivity contribution is 5.75. The van der Waals surface area contributed by atoms with Crippen molar-refractivity contribution >= 4 is 5.97 Å². The maximum absolute atomic E-state index is 12.5. The fourth-order valence-electron chi connectivity index (χ4n) is 3.66. The molecule has 0 aliphatic carbocycles. The van der Waals surface area contributed by atoms with E-state index >= 15 is 0 Å². The second-order valence-corrected chi connectivity index (χ2v) is 6.71. The highest BCUT2D eigenvalue weighted by Crippen LogP contribution is 2.42. The average Bonchev–Trinajstić information content (AvgIpc) is 3.33. The highest BCUT2D eigenvalue weighted by atomic mass is 16.7. The van der Waals surface area contributed by atoms with Crippen LogP contribution >= 0.6 is 0 Å². The molecule has 28 heavy (non-hydrogen) atoms. The van der Waals surface area contributed by atoms with Crippen LogP contribution in [0.1, 0.15) is 23.7 Å². The van der Waals surface area contributed by atoms with E-state index in [4.69, 9.17) is 28.4 Å². The van der Waals surface area contributed by atoms with E-state index in [0.29, 0.717) is 41.6 Å². The second-order valence-electron chi connectivity index (χ2n) is 6.71. The molecule has 4 rings (SSSR count). The minimum atomic E-state index is -0.297. The SMILES string of the molecule is COc1cc(CC2CC(c3ccc4c(c3)OCO4)OC2=O)cc(OC)c1OC. The molecule has 0 saturated carbocycles. The summed E-state index contributed by atoms with van der Waals surface area (Å²) in [5, 5.41) is 0. The van der Waals surface area contributed by atoms with Gasteiger partial charge in [0, 0.05) is 6.42 Å². The predicted octanol–water partition coefficient (Wildman–Crippen LogP) is 3.29. The predicted molar refractivity (Wildman–Crippen MR) is 99.3 cm³/mol. The van der Waals surface area contributed by atoms with E-state index in [-0.39, 0.29) is 24.8 Å². The number of ether oxygens (including phenoxy) is 6. The normalized spacial score (nSPS) is 20.0. The van der Waals surface area contributed by atoms with Crippen LogP contribution in [0.15, 0.2) is 30.3 Å². The Balaban J connectivity index is 1.52. The number of carbonyl (C=O) groups is 1. The minimum Gasteiger partial charge on any atom is -0.493 e. The summed E-state index contributed by atoms with van der Waals surface area (Å²) >= 11 is 0. The Hall–Kier alpha value is -3.09. The molecule has 0 N–H and O–H groups in total. The first-order valence-electron chi connectivity index (χ1n) is 9.02. The third-order valence-corrected chi connectivity index (χ3v) is 5.07. The summed E-state index contributed by atoms with van der Waals surface area (Å²) in [5.74, 6) is 2.59. The van der Waals surface area contributed by atoms with Crippen LogP contribution in [0.3, 0.4) is 0 Å². The van der Waals surface area contributed by atoms with Gasteiger partial charge in [-0.05, 0) is 41.8 Å². The number of rotatable bonds is 6. The van der Waals surface area contributed by atoms with Crippen molar-refractivity contribution in [2.75, 3.05) is 28.1 Å². The molecule has 0 bridgehead atoms. The summed E-state index contributed by atoms with van der Waals surface area (Å²) < 4.78 is 32.5. The van der Waals surface area contributed by atoms with Gasteiger partial charge in [-0.25, -0.2) is 0 Å². The third-order valence-electron chi connectivity index (χ3n) is 5.07. The van der Waals surface area contributed by atoms with Gasteiger partial charge in [0.25, 0.3) is 0 Å². The summed E-state index contributed by atoms with van der Waals surface area (Å²) in [5.41, 5.74) is 1.83. The molecule has 2 unspecified atom stereocenters. The number of hydrogen-bond donors (Lipinski definition) is 0. The standard InChI is InChI=1S/C21H22O7/c1-23-18-7-12(8-19(24-2)20(18)25-3)6-14-10-16(28-21(14)22)13-4-5-15-17(9-13)27-11-26-15/h4-5,7-9,14,16H,6,10-11H2,1-3H3. The molecule has 2 atom stereocenters. The van der Waals surface area contributed by atoms with Gasteiger partial charge in [0.2, 0.25) is 12.5 Å². The van der Waals surface area contributed by atoms with Gasteiger partial charge in [-0.15, -0.1) is 0 Å². The zero-order valence-corrected chi connectivity index (χ0v) is 16.0. The molecule has 0 radical (unpaired) electrons. The van der Waals surface area contributed by atoms with E-state index < -0.39 is 0 Å². The quantitative estimate of drug-likeness (QED) is 0.706. The molecule has 7 nitrogen and oxygen atoms in total. The van der Waals surface area contributed by atoms with E-state index in [0.717, 1.165) is 11.1 Å². The van der Waals surface area contributed by atoms with Crippen LogP contribution in [0.4, 0.5) is 0 Å². The van der Waals surface area contributed by atoms with Gasteiger partial charge in [0.1, 0.15) is 6.10 Å². The molecule has 1 saturated heterocycles. The number of cyclic esters (lactones) is 1.